The van der Waals surface area contributed by atoms with E-state index >= 15 is 0 Å². The van der Waals surface area contributed by atoms with Crippen LogP contribution in [0.5, 0.6) is 0 Å². The topological polar surface area (TPSA) is 64.0 Å². The molecule has 5 nitrogen and oxygen atoms in total. The monoisotopic (exact) mass is 339 g/mol. The third-order valence-electron chi connectivity index (χ3n) is 5.45. The first-order valence-corrected chi connectivity index (χ1v) is 10.8. The van der Waals surface area contributed by atoms with Gasteiger partial charge >= 0.3 is 0 Å². The Morgan fingerprint density at radius 3 is 2.43 bits per heavy atom. The van der Waals surface area contributed by atoms with E-state index in [9.17, 15) is 8.42 Å². The average Bonchev–Trinajstić information content (AvgIpc) is 2.86. The van der Waals surface area contributed by atoms with Gasteiger partial charge in [0.25, 0.3) is 0 Å². The molecule has 2 fully saturated rings. The van der Waals surface area contributed by atoms with Gasteiger partial charge in [0, 0.05) is 23.8 Å². The largest absolute Gasteiger partial charge is 0.310 e. The summed E-state index contributed by atoms with van der Waals surface area (Å²) >= 11 is 0. The Kier molecular flexibility index (Phi) is 5.11. The standard InChI is InChI=1S/C17H29N3O2S/c1-13-17(11-18-15-7-5-3-4-6-8-15)14(2)20(19-13)16-9-10-23(21,22)12-16/h15-16,18H,3-12H2,1-2H3/t16-/m0/s1. The summed E-state index contributed by atoms with van der Waals surface area (Å²) < 4.78 is 25.4. The first-order valence-electron chi connectivity index (χ1n) is 8.94. The number of rotatable bonds is 4. The van der Waals surface area contributed by atoms with Gasteiger partial charge in [-0.05, 0) is 33.1 Å². The van der Waals surface area contributed by atoms with E-state index in [1.807, 2.05) is 11.6 Å². The molecule has 0 bridgehead atoms. The highest BCUT2D eigenvalue weighted by Crippen LogP contribution is 2.27. The molecule has 1 aromatic heterocycles. The number of nitrogens with zero attached hydrogens (tertiary/aromatic N) is 2. The highest BCUT2D eigenvalue weighted by molar-refractivity contribution is 7.91. The second-order valence-corrected chi connectivity index (χ2v) is 9.45. The lowest BCUT2D eigenvalue weighted by Crippen LogP contribution is -2.28. The lowest BCUT2D eigenvalue weighted by molar-refractivity contribution is 0.456. The molecule has 0 unspecified atom stereocenters. The van der Waals surface area contributed by atoms with E-state index in [1.54, 1.807) is 0 Å². The van der Waals surface area contributed by atoms with Crippen molar-refractivity contribution in [1.82, 2.24) is 15.1 Å². The normalized spacial score (nSPS) is 25.6. The Labute approximate surface area is 139 Å². The van der Waals surface area contributed by atoms with Crippen LogP contribution in [0.1, 0.15) is 67.9 Å². The van der Waals surface area contributed by atoms with E-state index in [1.165, 1.54) is 44.1 Å². The van der Waals surface area contributed by atoms with Crippen molar-refractivity contribution >= 4 is 9.84 Å². The smallest absolute Gasteiger partial charge is 0.152 e. The molecular weight excluding hydrogens is 310 g/mol. The Hall–Kier alpha value is -0.880. The summed E-state index contributed by atoms with van der Waals surface area (Å²) in [6, 6.07) is 0.636. The molecule has 1 N–H and O–H groups in total. The van der Waals surface area contributed by atoms with Gasteiger partial charge in [-0.2, -0.15) is 5.10 Å². The second kappa shape index (κ2) is 6.93. The summed E-state index contributed by atoms with van der Waals surface area (Å²) in [4.78, 5) is 0. The Morgan fingerprint density at radius 1 is 1.13 bits per heavy atom. The molecule has 2 aliphatic rings. The van der Waals surface area contributed by atoms with Crippen molar-refractivity contribution in [3.05, 3.63) is 17.0 Å². The van der Waals surface area contributed by atoms with E-state index in [2.05, 4.69) is 17.3 Å². The molecule has 1 aliphatic carbocycles. The number of hydrogen-bond acceptors (Lipinski definition) is 4. The van der Waals surface area contributed by atoms with Crippen LogP contribution in [0.25, 0.3) is 0 Å². The van der Waals surface area contributed by atoms with Gasteiger partial charge in [0.05, 0.1) is 23.2 Å². The number of sulfone groups is 1. The van der Waals surface area contributed by atoms with Gasteiger partial charge in [-0.15, -0.1) is 0 Å². The van der Waals surface area contributed by atoms with Crippen LogP contribution in [0.2, 0.25) is 0 Å². The Bertz CT molecular complexity index is 643. The summed E-state index contributed by atoms with van der Waals surface area (Å²) in [6.07, 6.45) is 8.62. The predicted octanol–water partition coefficient (Wildman–Crippen LogP) is 2.67. The number of aryl methyl sites for hydroxylation is 1. The summed E-state index contributed by atoms with van der Waals surface area (Å²) in [5.41, 5.74) is 3.41. The van der Waals surface area contributed by atoms with Crippen molar-refractivity contribution in [2.24, 2.45) is 0 Å². The fourth-order valence-corrected chi connectivity index (χ4v) is 5.70. The molecule has 1 atom stereocenters. The van der Waals surface area contributed by atoms with Crippen molar-refractivity contribution in [2.75, 3.05) is 11.5 Å². The third-order valence-corrected chi connectivity index (χ3v) is 7.20. The predicted molar refractivity (Wildman–Crippen MR) is 92.3 cm³/mol. The minimum atomic E-state index is -2.87. The highest BCUT2D eigenvalue weighted by atomic mass is 32.2. The molecule has 1 saturated heterocycles. The van der Waals surface area contributed by atoms with Crippen molar-refractivity contribution < 1.29 is 8.42 Å². The van der Waals surface area contributed by atoms with Gasteiger partial charge < -0.3 is 5.32 Å². The first kappa shape index (κ1) is 17.0. The minimum absolute atomic E-state index is 0.0188. The molecule has 130 valence electrons. The number of aromatic nitrogens is 2. The molecule has 0 amide bonds. The molecule has 6 heteroatoms. The van der Waals surface area contributed by atoms with Gasteiger partial charge in [-0.3, -0.25) is 4.68 Å². The second-order valence-electron chi connectivity index (χ2n) is 7.22. The van der Waals surface area contributed by atoms with Crippen molar-refractivity contribution in [3.8, 4) is 0 Å². The van der Waals surface area contributed by atoms with Gasteiger partial charge in [0.1, 0.15) is 0 Å². The molecule has 1 aromatic rings. The van der Waals surface area contributed by atoms with Gasteiger partial charge in [0.2, 0.25) is 0 Å². The van der Waals surface area contributed by atoms with Crippen LogP contribution in [0.3, 0.4) is 0 Å². The van der Waals surface area contributed by atoms with Crippen molar-refractivity contribution in [1.29, 1.82) is 0 Å². The molecule has 23 heavy (non-hydrogen) atoms. The van der Waals surface area contributed by atoms with Gasteiger partial charge in [-0.25, -0.2) is 8.42 Å². The van der Waals surface area contributed by atoms with E-state index in [0.29, 0.717) is 18.2 Å². The maximum atomic E-state index is 11.7. The molecule has 1 saturated carbocycles. The maximum absolute atomic E-state index is 11.7. The number of hydrogen-bond donors (Lipinski definition) is 1. The van der Waals surface area contributed by atoms with Crippen LogP contribution < -0.4 is 5.32 Å². The van der Waals surface area contributed by atoms with Crippen LogP contribution in [-0.4, -0.2) is 35.7 Å². The van der Waals surface area contributed by atoms with Crippen LogP contribution >= 0.6 is 0 Å². The molecule has 2 heterocycles. The third kappa shape index (κ3) is 3.97. The summed E-state index contributed by atoms with van der Waals surface area (Å²) in [6.45, 7) is 4.97. The SMILES string of the molecule is Cc1nn([C@H]2CCS(=O)(=O)C2)c(C)c1CNC1CCCCCC1. The van der Waals surface area contributed by atoms with E-state index in [4.69, 9.17) is 0 Å². The molecule has 3 rings (SSSR count). The van der Waals surface area contributed by atoms with Gasteiger partial charge in [0.15, 0.2) is 9.84 Å². The fraction of sp³-hybridized carbons (Fsp3) is 0.824. The first-order chi connectivity index (χ1) is 11.0. The van der Waals surface area contributed by atoms with E-state index in [-0.39, 0.29) is 11.8 Å². The quantitative estimate of drug-likeness (QED) is 0.857. The summed E-state index contributed by atoms with van der Waals surface area (Å²) in [5, 5.41) is 8.36. The molecular formula is C17H29N3O2S. The van der Waals surface area contributed by atoms with Crippen molar-refractivity contribution in [2.45, 2.75) is 77.4 Å². The zero-order chi connectivity index (χ0) is 16.4. The zero-order valence-corrected chi connectivity index (χ0v) is 15.2. The van der Waals surface area contributed by atoms with Crippen LogP contribution in [0, 0.1) is 13.8 Å². The summed E-state index contributed by atoms with van der Waals surface area (Å²) in [5.74, 6) is 0.538. The van der Waals surface area contributed by atoms with Crippen LogP contribution in [0.4, 0.5) is 0 Å². The fourth-order valence-electron chi connectivity index (χ4n) is 4.01. The van der Waals surface area contributed by atoms with Gasteiger partial charge in [-0.1, -0.05) is 25.7 Å². The lowest BCUT2D eigenvalue weighted by Gasteiger charge is -2.17. The molecule has 0 radical (unpaired) electrons. The average molecular weight is 340 g/mol. The molecule has 0 spiro atoms. The Balaban J connectivity index is 1.68. The molecule has 1 aliphatic heterocycles. The number of nitrogens with one attached hydrogen (secondary N) is 1. The van der Waals surface area contributed by atoms with E-state index < -0.39 is 9.84 Å². The maximum Gasteiger partial charge on any atom is 0.152 e. The lowest BCUT2D eigenvalue weighted by atomic mass is 10.1. The zero-order valence-electron chi connectivity index (χ0n) is 14.3. The van der Waals surface area contributed by atoms with E-state index in [0.717, 1.165) is 17.9 Å². The molecule has 0 aromatic carbocycles. The van der Waals surface area contributed by atoms with Crippen molar-refractivity contribution in [3.63, 3.8) is 0 Å². The minimum Gasteiger partial charge on any atom is -0.310 e. The summed E-state index contributed by atoms with van der Waals surface area (Å²) in [7, 11) is -2.87. The Morgan fingerprint density at radius 2 is 1.83 bits per heavy atom. The van der Waals surface area contributed by atoms with Crippen LogP contribution in [-0.2, 0) is 16.4 Å². The van der Waals surface area contributed by atoms with Crippen LogP contribution in [0.15, 0.2) is 0 Å². The highest BCUT2D eigenvalue weighted by Gasteiger charge is 2.31.